The second-order valence-corrected chi connectivity index (χ2v) is 13.9. The van der Waals surface area contributed by atoms with Gasteiger partial charge in [0.2, 0.25) is 0 Å². The third-order valence-electron chi connectivity index (χ3n) is 10.2. The Morgan fingerprint density at radius 2 is 0.731 bits per heavy atom. The molecule has 5 aliphatic heterocycles. The molecule has 0 aliphatic carbocycles. The van der Waals surface area contributed by atoms with Crippen molar-refractivity contribution in [2.24, 2.45) is 0 Å². The Bertz CT molecular complexity index is 1140. The minimum absolute atomic E-state index is 0.795. The van der Waals surface area contributed by atoms with Crippen molar-refractivity contribution in [2.45, 2.75) is 181 Å². The molecule has 0 aromatic carbocycles. The molecule has 5 saturated heterocycles. The van der Waals surface area contributed by atoms with Crippen LogP contribution in [0, 0.1) is 0 Å². The maximum absolute atomic E-state index is 11.8. The molecule has 0 amide bonds. The number of rotatable bonds is 9. The number of aliphatic hydroxyl groups excluding tert-OH is 13. The van der Waals surface area contributed by atoms with Gasteiger partial charge in [0.1, 0.15) is 97.7 Å². The van der Waals surface area contributed by atoms with Crippen molar-refractivity contribution in [1.82, 2.24) is 0 Å². The molecule has 52 heavy (non-hydrogen) atoms. The summed E-state index contributed by atoms with van der Waals surface area (Å²) in [5.41, 5.74) is 0. The highest BCUT2D eigenvalue weighted by Gasteiger charge is 2.56. The first-order valence-corrected chi connectivity index (χ1v) is 17.0. The first-order chi connectivity index (χ1) is 24.4. The van der Waals surface area contributed by atoms with Gasteiger partial charge in [-0.05, 0) is 27.7 Å². The Morgan fingerprint density at radius 3 is 1.21 bits per heavy atom. The van der Waals surface area contributed by atoms with E-state index in [-0.39, 0.29) is 0 Å². The van der Waals surface area contributed by atoms with E-state index >= 15 is 0 Å². The van der Waals surface area contributed by atoms with Gasteiger partial charge >= 0.3 is 0 Å². The lowest BCUT2D eigenvalue weighted by Crippen LogP contribution is -2.68. The van der Waals surface area contributed by atoms with Gasteiger partial charge in [-0.25, -0.2) is 0 Å². The number of hydrogen-bond donors (Lipinski definition) is 13. The second kappa shape index (κ2) is 17.1. The third-order valence-corrected chi connectivity index (χ3v) is 10.2. The predicted molar refractivity (Wildman–Crippen MR) is 161 cm³/mol. The molecule has 5 fully saturated rings. The Kier molecular flexibility index (Phi) is 13.9. The first kappa shape index (κ1) is 42.3. The number of hydrogen-bond acceptors (Lipinski definition) is 22. The molecule has 0 aromatic rings. The van der Waals surface area contributed by atoms with Crippen LogP contribution < -0.4 is 0 Å². The maximum Gasteiger partial charge on any atom is 0.187 e. The van der Waals surface area contributed by atoms with E-state index in [1.807, 2.05) is 0 Å². The van der Waals surface area contributed by atoms with E-state index in [2.05, 4.69) is 0 Å². The van der Waals surface area contributed by atoms with E-state index in [1.54, 1.807) is 0 Å². The fraction of sp³-hybridized carbons (Fsp3) is 1.00. The van der Waals surface area contributed by atoms with Crippen LogP contribution in [-0.2, 0) is 42.6 Å². The fourth-order valence-corrected chi connectivity index (χ4v) is 6.79. The van der Waals surface area contributed by atoms with Gasteiger partial charge in [0.25, 0.3) is 0 Å². The first-order valence-electron chi connectivity index (χ1n) is 17.0. The van der Waals surface area contributed by atoms with E-state index in [4.69, 9.17) is 42.6 Å². The van der Waals surface area contributed by atoms with E-state index in [0.717, 1.165) is 0 Å². The summed E-state index contributed by atoms with van der Waals surface area (Å²) in [6.45, 7) is 4.74. The smallest absolute Gasteiger partial charge is 0.187 e. The molecule has 0 aromatic heterocycles. The standard InChI is InChI=1S/C30H52O22/c1-6-11(32)15(36)18(39)27(44-6)51-24-17(38)13(34)8(3)46-29(24)49-22-9(4)47-30(50-23-14(35)10(5-31)48-26(43)21(23)42)25(20(22)41)52-28-19(40)16(37)12(33)7(2)45-28/h6-43H,5H2,1-4H3/t6-,7-,8-,9-,10-,11+,12-,13+,14-,15+,16+,17+,18-,19-,20+,21-,22-,23+,24-,25-,26-,27+,28+,29+,30+/m1/s1. The highest BCUT2D eigenvalue weighted by molar-refractivity contribution is 4.98. The molecule has 5 heterocycles. The zero-order chi connectivity index (χ0) is 38.5. The van der Waals surface area contributed by atoms with Gasteiger partial charge < -0.3 is 109 Å². The molecule has 25 atom stereocenters. The van der Waals surface area contributed by atoms with Crippen LogP contribution in [0.4, 0.5) is 0 Å². The molecule has 304 valence electrons. The van der Waals surface area contributed by atoms with Gasteiger partial charge in [-0.1, -0.05) is 0 Å². The van der Waals surface area contributed by atoms with Crippen molar-refractivity contribution in [3.63, 3.8) is 0 Å². The number of aliphatic hydroxyl groups is 13. The summed E-state index contributed by atoms with van der Waals surface area (Å²) in [5, 5.41) is 137. The SMILES string of the molecule is C[C@H]1O[C@@H](O[C@H]2[C@H](O[C@H]3[C@H](O)[C@@H](O[C@@H]4O[C@H](C)[C@@H](O)[C@H](O)[C@H]4O)[C@H](O[C@@H]4[C@@H](O)[C@H](O)O[C@H](CO)[C@H]4O)O[C@@H]3C)O[C@H](C)[C@H](O)[C@@H]2O)[C@H](O)[C@@H](O)[C@H]1O. The Balaban J connectivity index is 1.42. The molecule has 22 heteroatoms. The molecule has 5 aliphatic rings. The predicted octanol–water partition coefficient (Wildman–Crippen LogP) is -7.81. The van der Waals surface area contributed by atoms with Gasteiger partial charge in [0.15, 0.2) is 31.5 Å². The zero-order valence-corrected chi connectivity index (χ0v) is 28.6. The molecule has 0 saturated carbocycles. The highest BCUT2D eigenvalue weighted by atomic mass is 16.8. The molecule has 13 N–H and O–H groups in total. The summed E-state index contributed by atoms with van der Waals surface area (Å²) in [4.78, 5) is 0. The van der Waals surface area contributed by atoms with E-state index in [0.29, 0.717) is 0 Å². The third kappa shape index (κ3) is 8.29. The zero-order valence-electron chi connectivity index (χ0n) is 28.6. The van der Waals surface area contributed by atoms with E-state index in [1.165, 1.54) is 27.7 Å². The summed E-state index contributed by atoms with van der Waals surface area (Å²) < 4.78 is 51.3. The summed E-state index contributed by atoms with van der Waals surface area (Å²) in [6.07, 6.45) is -40.6. The average Bonchev–Trinajstić information content (AvgIpc) is 3.10. The van der Waals surface area contributed by atoms with Crippen LogP contribution in [0.1, 0.15) is 27.7 Å². The van der Waals surface area contributed by atoms with Gasteiger partial charge in [-0.2, -0.15) is 0 Å². The lowest BCUT2D eigenvalue weighted by molar-refractivity contribution is -0.404. The lowest BCUT2D eigenvalue weighted by atomic mass is 9.95. The summed E-state index contributed by atoms with van der Waals surface area (Å²) >= 11 is 0. The Morgan fingerprint density at radius 1 is 0.346 bits per heavy atom. The van der Waals surface area contributed by atoms with Gasteiger partial charge in [-0.15, -0.1) is 0 Å². The summed E-state index contributed by atoms with van der Waals surface area (Å²) in [7, 11) is 0. The molecule has 0 radical (unpaired) electrons. The molecular weight excluding hydrogens is 712 g/mol. The van der Waals surface area contributed by atoms with Crippen LogP contribution >= 0.6 is 0 Å². The maximum atomic E-state index is 11.8. The minimum Gasteiger partial charge on any atom is -0.394 e. The molecule has 22 nitrogen and oxygen atoms in total. The lowest BCUT2D eigenvalue weighted by Gasteiger charge is -2.50. The Labute approximate surface area is 297 Å². The fourth-order valence-electron chi connectivity index (χ4n) is 6.79. The average molecular weight is 765 g/mol. The quantitative estimate of drug-likeness (QED) is 0.104. The van der Waals surface area contributed by atoms with Crippen molar-refractivity contribution >= 4 is 0 Å². The summed E-state index contributed by atoms with van der Waals surface area (Å²) in [6, 6.07) is 0. The van der Waals surface area contributed by atoms with Crippen LogP contribution in [0.15, 0.2) is 0 Å². The molecule has 0 unspecified atom stereocenters. The van der Waals surface area contributed by atoms with Crippen LogP contribution in [0.25, 0.3) is 0 Å². The summed E-state index contributed by atoms with van der Waals surface area (Å²) in [5.74, 6) is 0. The minimum atomic E-state index is -1.93. The van der Waals surface area contributed by atoms with Gasteiger partial charge in [0, 0.05) is 0 Å². The van der Waals surface area contributed by atoms with Crippen molar-refractivity contribution < 1.29 is 109 Å². The van der Waals surface area contributed by atoms with Crippen molar-refractivity contribution in [3.8, 4) is 0 Å². The largest absolute Gasteiger partial charge is 0.394 e. The van der Waals surface area contributed by atoms with Crippen LogP contribution in [-0.4, -0.2) is 227 Å². The molecule has 0 spiro atoms. The highest BCUT2D eigenvalue weighted by Crippen LogP contribution is 2.36. The Hall–Kier alpha value is -0.880. The van der Waals surface area contributed by atoms with Crippen LogP contribution in [0.3, 0.4) is 0 Å². The molecule has 0 bridgehead atoms. The van der Waals surface area contributed by atoms with Crippen molar-refractivity contribution in [2.75, 3.05) is 6.61 Å². The van der Waals surface area contributed by atoms with E-state index < -0.39 is 160 Å². The van der Waals surface area contributed by atoms with Crippen LogP contribution in [0.5, 0.6) is 0 Å². The molecule has 5 rings (SSSR count). The van der Waals surface area contributed by atoms with Crippen LogP contribution in [0.2, 0.25) is 0 Å². The molecular formula is C30H52O22. The van der Waals surface area contributed by atoms with E-state index in [9.17, 15) is 66.4 Å². The van der Waals surface area contributed by atoms with Crippen molar-refractivity contribution in [1.29, 1.82) is 0 Å². The normalized spacial score (nSPS) is 56.4. The second-order valence-electron chi connectivity index (χ2n) is 13.9. The van der Waals surface area contributed by atoms with Gasteiger partial charge in [-0.3, -0.25) is 0 Å². The number of ether oxygens (including phenoxy) is 9. The monoisotopic (exact) mass is 764 g/mol. The topological polar surface area (TPSA) is 346 Å². The van der Waals surface area contributed by atoms with Gasteiger partial charge in [0.05, 0.1) is 31.0 Å². The van der Waals surface area contributed by atoms with Crippen molar-refractivity contribution in [3.05, 3.63) is 0 Å².